The molecule has 324 valence electrons. The molecule has 2 amide bonds. The van der Waals surface area contributed by atoms with Crippen molar-refractivity contribution in [2.75, 3.05) is 10.5 Å². The van der Waals surface area contributed by atoms with E-state index in [1.54, 1.807) is 78.9 Å². The summed E-state index contributed by atoms with van der Waals surface area (Å²) in [4.78, 5) is 40.4. The number of ether oxygens (including phenoxy) is 2. The summed E-state index contributed by atoms with van der Waals surface area (Å²) < 4.78 is 27.9. The number of hydrogen-bond donors (Lipinski definition) is 4. The van der Waals surface area contributed by atoms with Crippen LogP contribution in [0.3, 0.4) is 0 Å². The number of nitrogens with zero attached hydrogens (tertiary/aromatic N) is 3. The summed E-state index contributed by atoms with van der Waals surface area (Å²) >= 11 is 12.1. The van der Waals surface area contributed by atoms with E-state index in [4.69, 9.17) is 37.9 Å². The number of aliphatic carboxylic acids is 1. The zero-order chi connectivity index (χ0) is 45.1. The number of halogens is 2. The summed E-state index contributed by atoms with van der Waals surface area (Å²) in [6.45, 7) is 0.153. The van der Waals surface area contributed by atoms with Gasteiger partial charge >= 0.3 is 5.97 Å². The Morgan fingerprint density at radius 2 is 1.64 bits per heavy atom. The van der Waals surface area contributed by atoms with E-state index in [9.17, 15) is 34.1 Å². The van der Waals surface area contributed by atoms with Crippen LogP contribution >= 0.6 is 23.2 Å². The molecule has 17 heteroatoms. The molecule has 0 spiro atoms. The molecule has 4 N–H and O–H groups in total. The zero-order valence-electron chi connectivity index (χ0n) is 33.4. The van der Waals surface area contributed by atoms with Gasteiger partial charge in [-0.15, -0.1) is 0 Å². The Labute approximate surface area is 379 Å². The maximum Gasteiger partial charge on any atom is 0.326 e. The molecule has 14 nitrogen and oxygen atoms in total. The molecule has 4 unspecified atom stereocenters. The van der Waals surface area contributed by atoms with Gasteiger partial charge < -0.3 is 35.6 Å². The molecular formula is C47H36Cl2N5O9S-. The third-order valence-electron chi connectivity index (χ3n) is 10.8. The van der Waals surface area contributed by atoms with Crippen LogP contribution in [0.15, 0.2) is 132 Å². The fourth-order valence-corrected chi connectivity index (χ4v) is 9.10. The van der Waals surface area contributed by atoms with Crippen molar-refractivity contribution in [3.63, 3.8) is 0 Å². The van der Waals surface area contributed by atoms with Gasteiger partial charge in [0.25, 0.3) is 5.91 Å². The minimum atomic E-state index is -2.11. The quantitative estimate of drug-likeness (QED) is 0.0814. The molecule has 2 aliphatic rings. The largest absolute Gasteiger partial charge is 0.733 e. The average molecular weight is 918 g/mol. The Bertz CT molecular complexity index is 2820. The number of carboxylic acid groups (broad SMARTS) is 1. The maximum absolute atomic E-state index is 14.4. The summed E-state index contributed by atoms with van der Waals surface area (Å²) in [5.41, 5.74) is 5.66. The van der Waals surface area contributed by atoms with E-state index in [0.29, 0.717) is 55.0 Å². The number of carbonyl (C=O) groups excluding carboxylic acids is 2. The third kappa shape index (κ3) is 9.73. The van der Waals surface area contributed by atoms with Gasteiger partial charge in [0.1, 0.15) is 41.2 Å². The van der Waals surface area contributed by atoms with Crippen LogP contribution in [0, 0.1) is 16.5 Å². The molecule has 2 heterocycles. The Balaban J connectivity index is 1.02. The van der Waals surface area contributed by atoms with Crippen molar-refractivity contribution in [3.05, 3.63) is 176 Å². The number of hydrogen-bond acceptors (Lipinski definition) is 10. The molecule has 0 aromatic heterocycles. The molecule has 6 aromatic rings. The minimum absolute atomic E-state index is 0.0395. The van der Waals surface area contributed by atoms with Crippen LogP contribution in [0.2, 0.25) is 10.0 Å². The highest BCUT2D eigenvalue weighted by atomic mass is 35.5. The highest BCUT2D eigenvalue weighted by Crippen LogP contribution is 2.40. The zero-order valence-corrected chi connectivity index (χ0v) is 35.8. The fraction of sp³-hybridized carbons (Fsp3) is 0.149. The molecule has 8 rings (SSSR count). The molecule has 0 saturated carbocycles. The monoisotopic (exact) mass is 916 g/mol. The third-order valence-corrected chi connectivity index (χ3v) is 13.0. The van der Waals surface area contributed by atoms with Crippen LogP contribution in [0.1, 0.15) is 39.5 Å². The van der Waals surface area contributed by atoms with Crippen LogP contribution in [-0.4, -0.2) is 48.7 Å². The molecule has 64 heavy (non-hydrogen) atoms. The van der Waals surface area contributed by atoms with E-state index in [1.165, 1.54) is 28.6 Å². The Kier molecular flexibility index (Phi) is 13.0. The topological polar surface area (TPSA) is 205 Å². The van der Waals surface area contributed by atoms with Gasteiger partial charge in [-0.25, -0.2) is 13.3 Å². The van der Waals surface area contributed by atoms with Gasteiger partial charge in [0.05, 0.1) is 37.9 Å². The number of fused-ring (bicyclic) bond motifs is 2. The summed E-state index contributed by atoms with van der Waals surface area (Å²) in [7, 11) is -2.11. The smallest absolute Gasteiger partial charge is 0.326 e. The first-order valence-electron chi connectivity index (χ1n) is 19.7. The van der Waals surface area contributed by atoms with Crippen molar-refractivity contribution in [1.29, 1.82) is 5.26 Å². The number of nitriles is 1. The van der Waals surface area contributed by atoms with Gasteiger partial charge in [-0.05, 0) is 107 Å². The number of nitrogens with one attached hydrogen (secondary N) is 2. The van der Waals surface area contributed by atoms with Gasteiger partial charge in [0.2, 0.25) is 12.0 Å². The first-order valence-corrected chi connectivity index (χ1v) is 21.6. The molecule has 4 atom stereocenters. The lowest BCUT2D eigenvalue weighted by Crippen LogP contribution is -2.54. The van der Waals surface area contributed by atoms with Crippen LogP contribution in [0.25, 0.3) is 11.1 Å². The number of benzene rings is 6. The normalized spacial score (nSPS) is 16.5. The van der Waals surface area contributed by atoms with E-state index in [1.807, 2.05) is 24.3 Å². The van der Waals surface area contributed by atoms with E-state index in [2.05, 4.69) is 16.7 Å². The molecule has 0 radical (unpaired) electrons. The van der Waals surface area contributed by atoms with Gasteiger partial charge in [-0.1, -0.05) is 83.9 Å². The van der Waals surface area contributed by atoms with E-state index in [-0.39, 0.29) is 41.8 Å². The van der Waals surface area contributed by atoms with E-state index in [0.717, 1.165) is 16.7 Å². The minimum Gasteiger partial charge on any atom is -0.733 e. The molecule has 0 bridgehead atoms. The second-order valence-corrected chi connectivity index (χ2v) is 17.3. The second-order valence-electron chi connectivity index (χ2n) is 15.0. The van der Waals surface area contributed by atoms with Crippen molar-refractivity contribution in [1.82, 2.24) is 9.62 Å². The summed E-state index contributed by atoms with van der Waals surface area (Å²) in [5.74, 6) is -1.56. The first-order chi connectivity index (χ1) is 30.8. The summed E-state index contributed by atoms with van der Waals surface area (Å²) in [6.07, 6.45) is -1.13. The maximum atomic E-state index is 14.4. The van der Waals surface area contributed by atoms with Crippen molar-refractivity contribution >= 4 is 63.3 Å². The van der Waals surface area contributed by atoms with Crippen molar-refractivity contribution < 1.29 is 38.4 Å². The predicted molar refractivity (Wildman–Crippen MR) is 239 cm³/mol. The molecule has 2 aliphatic heterocycles. The summed E-state index contributed by atoms with van der Waals surface area (Å²) in [6, 6.07) is 34.7. The Morgan fingerprint density at radius 3 is 2.31 bits per heavy atom. The Hall–Kier alpha value is -6.77. The van der Waals surface area contributed by atoms with Gasteiger partial charge in [-0.2, -0.15) is 5.26 Å². The van der Waals surface area contributed by atoms with E-state index >= 15 is 0 Å². The average Bonchev–Trinajstić information content (AvgIpc) is 3.30. The van der Waals surface area contributed by atoms with Crippen LogP contribution in [0.5, 0.6) is 11.5 Å². The van der Waals surface area contributed by atoms with Crippen LogP contribution in [-0.2, 0) is 51.4 Å². The molecule has 0 fully saturated rings. The Morgan fingerprint density at radius 1 is 0.938 bits per heavy atom. The number of anilines is 2. The van der Waals surface area contributed by atoms with Crippen molar-refractivity contribution in [2.24, 2.45) is 0 Å². The SMILES string of the molecule is N#Cc1ccc(-c2ccc(CC(NC(=O)C3Cc4cc5c(cc4CN3S(=O)c3cccc(N([O-])O)c3)OC(c3ccc(OCc4ccc(Cl)c(Cl)c4)cc3)C(=O)N5)C(=O)O)cc2)cc1. The molecule has 0 aliphatic carbocycles. The van der Waals surface area contributed by atoms with Gasteiger partial charge in [0, 0.05) is 18.5 Å². The molecule has 6 aromatic carbocycles. The first kappa shape index (κ1) is 43.9. The lowest BCUT2D eigenvalue weighted by Gasteiger charge is -2.36. The lowest BCUT2D eigenvalue weighted by atomic mass is 9.93. The van der Waals surface area contributed by atoms with Crippen molar-refractivity contribution in [3.8, 4) is 28.7 Å². The number of carboxylic acids is 1. The highest BCUT2D eigenvalue weighted by Gasteiger charge is 2.39. The van der Waals surface area contributed by atoms with E-state index < -0.39 is 47.0 Å². The van der Waals surface area contributed by atoms with Gasteiger partial charge in [-0.3, -0.25) is 14.8 Å². The molecular weight excluding hydrogens is 882 g/mol. The van der Waals surface area contributed by atoms with Crippen molar-refractivity contribution in [2.45, 2.75) is 49.1 Å². The van der Waals surface area contributed by atoms with Crippen LogP contribution < -0.4 is 25.3 Å². The predicted octanol–water partition coefficient (Wildman–Crippen LogP) is 8.14. The standard InChI is InChI=1S/C47H36Cl2N5O9S/c48-38-17-8-29(18-39(38)49)26-62-36-15-13-32(14-16-36)44-46(56)51-40-20-33-21-42(53(25-34(33)22-43(40)63-44)64(61)37-3-1-2-35(23-37)54(59)60)45(55)52-41(47(57)58)19-27-4-9-30(10-5-27)31-11-6-28(24-50)7-12-31/h1-18,20,22-23,41-42,44,59H,19,21,25-26H2,(H,51,56)(H,52,55)(H,57,58)/q-1. The summed E-state index contributed by atoms with van der Waals surface area (Å²) in [5, 5.41) is 46.8. The number of rotatable bonds is 13. The molecule has 0 saturated heterocycles. The highest BCUT2D eigenvalue weighted by molar-refractivity contribution is 7.82. The van der Waals surface area contributed by atoms with Gasteiger partial charge in [0.15, 0.2) is 0 Å². The lowest BCUT2D eigenvalue weighted by molar-refractivity contribution is -0.142. The number of amides is 2. The van der Waals surface area contributed by atoms with Crippen LogP contribution in [0.4, 0.5) is 11.4 Å². The second kappa shape index (κ2) is 18.9. The fourth-order valence-electron chi connectivity index (χ4n) is 7.44. The number of carbonyl (C=O) groups is 3.